The fraction of sp³-hybridized carbons (Fsp3) is 0.250. The second-order valence-electron chi connectivity index (χ2n) is 3.91. The summed E-state index contributed by atoms with van der Waals surface area (Å²) in [6.45, 7) is 1.82. The van der Waals surface area contributed by atoms with Crippen molar-refractivity contribution in [2.45, 2.75) is 13.0 Å². The number of benzene rings is 1. The van der Waals surface area contributed by atoms with Crippen LogP contribution in [0, 0.1) is 5.82 Å². The van der Waals surface area contributed by atoms with Gasteiger partial charge in [-0.25, -0.2) is 4.39 Å². The van der Waals surface area contributed by atoms with E-state index >= 15 is 0 Å². The summed E-state index contributed by atoms with van der Waals surface area (Å²) in [7, 11) is 1.71. The molecule has 0 aliphatic heterocycles. The Morgan fingerprint density at radius 1 is 1.32 bits per heavy atom. The van der Waals surface area contributed by atoms with E-state index < -0.39 is 0 Å². The van der Waals surface area contributed by atoms with Crippen molar-refractivity contribution in [3.63, 3.8) is 0 Å². The van der Waals surface area contributed by atoms with Crippen LogP contribution in [0.15, 0.2) is 24.3 Å². The highest BCUT2D eigenvalue weighted by Gasteiger charge is 2.15. The van der Waals surface area contributed by atoms with Gasteiger partial charge in [-0.3, -0.25) is 4.79 Å². The number of halogens is 1. The Bertz CT molecular complexity index is 569. The number of hydrogen-bond donors (Lipinski definition) is 2. The smallest absolute Gasteiger partial charge is 0.282 e. The van der Waals surface area contributed by atoms with Crippen molar-refractivity contribution in [2.24, 2.45) is 0 Å². The monoisotopic (exact) mass is 280 g/mol. The number of aromatic nitrogens is 2. The molecule has 0 spiro atoms. The molecule has 19 heavy (non-hydrogen) atoms. The van der Waals surface area contributed by atoms with Crippen molar-refractivity contribution >= 4 is 22.4 Å². The van der Waals surface area contributed by atoms with Gasteiger partial charge in [0, 0.05) is 7.05 Å². The summed E-state index contributed by atoms with van der Waals surface area (Å²) in [6.07, 6.45) is 0. The summed E-state index contributed by atoms with van der Waals surface area (Å²) in [6, 6.07) is 5.78. The maximum absolute atomic E-state index is 12.8. The van der Waals surface area contributed by atoms with Gasteiger partial charge in [-0.05, 0) is 24.6 Å². The summed E-state index contributed by atoms with van der Waals surface area (Å²) in [4.78, 5) is 11.9. The van der Waals surface area contributed by atoms with E-state index in [0.29, 0.717) is 10.1 Å². The van der Waals surface area contributed by atoms with Crippen molar-refractivity contribution in [3.8, 4) is 0 Å². The summed E-state index contributed by atoms with van der Waals surface area (Å²) < 4.78 is 12.8. The van der Waals surface area contributed by atoms with Crippen LogP contribution in [-0.4, -0.2) is 23.2 Å². The molecule has 1 aromatic heterocycles. The zero-order valence-corrected chi connectivity index (χ0v) is 11.3. The lowest BCUT2D eigenvalue weighted by molar-refractivity contribution is 0.0939. The fourth-order valence-electron chi connectivity index (χ4n) is 1.51. The first-order chi connectivity index (χ1) is 9.10. The summed E-state index contributed by atoms with van der Waals surface area (Å²) in [5, 5.41) is 14.1. The lowest BCUT2D eigenvalue weighted by Gasteiger charge is -2.12. The minimum Gasteiger partial charge on any atom is -0.363 e. The molecule has 7 heteroatoms. The van der Waals surface area contributed by atoms with Gasteiger partial charge in [0.05, 0.1) is 6.04 Å². The predicted octanol–water partition coefficient (Wildman–Crippen LogP) is 2.21. The summed E-state index contributed by atoms with van der Waals surface area (Å²) >= 11 is 1.18. The Balaban J connectivity index is 2.04. The van der Waals surface area contributed by atoms with E-state index in [4.69, 9.17) is 0 Å². The molecule has 1 amide bonds. The van der Waals surface area contributed by atoms with E-state index in [1.807, 2.05) is 6.92 Å². The molecule has 2 rings (SSSR count). The van der Waals surface area contributed by atoms with Gasteiger partial charge in [-0.1, -0.05) is 23.5 Å². The molecule has 2 N–H and O–H groups in total. The van der Waals surface area contributed by atoms with Crippen molar-refractivity contribution in [1.29, 1.82) is 0 Å². The van der Waals surface area contributed by atoms with Crippen LogP contribution < -0.4 is 10.6 Å². The normalized spacial score (nSPS) is 11.9. The third-order valence-corrected chi connectivity index (χ3v) is 3.49. The maximum Gasteiger partial charge on any atom is 0.282 e. The molecule has 100 valence electrons. The van der Waals surface area contributed by atoms with Crippen LogP contribution in [0.3, 0.4) is 0 Å². The highest BCUT2D eigenvalue weighted by atomic mass is 32.1. The van der Waals surface area contributed by atoms with E-state index in [9.17, 15) is 9.18 Å². The Morgan fingerprint density at radius 2 is 2.00 bits per heavy atom. The highest BCUT2D eigenvalue weighted by Crippen LogP contribution is 2.17. The Hall–Kier alpha value is -2.02. The fourth-order valence-corrected chi connectivity index (χ4v) is 2.11. The van der Waals surface area contributed by atoms with E-state index in [1.54, 1.807) is 19.2 Å². The molecule has 0 aliphatic carbocycles. The molecule has 0 saturated heterocycles. The number of nitrogens with one attached hydrogen (secondary N) is 2. The van der Waals surface area contributed by atoms with Crippen LogP contribution >= 0.6 is 11.3 Å². The van der Waals surface area contributed by atoms with E-state index in [2.05, 4.69) is 20.8 Å². The average Bonchev–Trinajstić information content (AvgIpc) is 2.88. The number of carbonyl (C=O) groups is 1. The number of nitrogens with zero attached hydrogens (tertiary/aromatic N) is 2. The first-order valence-electron chi connectivity index (χ1n) is 5.67. The van der Waals surface area contributed by atoms with Crippen LogP contribution in [0.1, 0.15) is 28.3 Å². The Morgan fingerprint density at radius 3 is 2.58 bits per heavy atom. The Labute approximate surface area is 113 Å². The molecule has 0 aliphatic rings. The summed E-state index contributed by atoms with van der Waals surface area (Å²) in [5.41, 5.74) is 0.827. The average molecular weight is 280 g/mol. The van der Waals surface area contributed by atoms with Crippen molar-refractivity contribution in [1.82, 2.24) is 15.5 Å². The molecule has 1 unspecified atom stereocenters. The van der Waals surface area contributed by atoms with E-state index in [1.165, 1.54) is 23.5 Å². The van der Waals surface area contributed by atoms with Gasteiger partial charge in [-0.15, -0.1) is 10.2 Å². The third kappa shape index (κ3) is 3.25. The molecule has 1 heterocycles. The van der Waals surface area contributed by atoms with Gasteiger partial charge in [-0.2, -0.15) is 0 Å². The summed E-state index contributed by atoms with van der Waals surface area (Å²) in [5.74, 6) is -0.596. The number of amides is 1. The van der Waals surface area contributed by atoms with Crippen LogP contribution in [0.25, 0.3) is 0 Å². The molecule has 0 bridgehead atoms. The van der Waals surface area contributed by atoms with Gasteiger partial charge < -0.3 is 10.6 Å². The standard InChI is InChI=1S/C12H13FN4OS/c1-7(8-3-5-9(13)6-4-8)15-10(18)11-16-17-12(14-2)19-11/h3-7H,1-2H3,(H,14,17)(H,15,18). The first kappa shape index (κ1) is 13.4. The van der Waals surface area contributed by atoms with Crippen molar-refractivity contribution in [2.75, 3.05) is 12.4 Å². The number of rotatable bonds is 4. The lowest BCUT2D eigenvalue weighted by Crippen LogP contribution is -2.26. The molecule has 2 aromatic rings. The van der Waals surface area contributed by atoms with E-state index in [-0.39, 0.29) is 17.8 Å². The SMILES string of the molecule is CNc1nnc(C(=O)NC(C)c2ccc(F)cc2)s1. The number of anilines is 1. The second-order valence-corrected chi connectivity index (χ2v) is 4.89. The van der Waals surface area contributed by atoms with Crippen LogP contribution in [-0.2, 0) is 0 Å². The minimum atomic E-state index is -0.301. The van der Waals surface area contributed by atoms with Gasteiger partial charge in [0.1, 0.15) is 5.82 Å². The lowest BCUT2D eigenvalue weighted by atomic mass is 10.1. The largest absolute Gasteiger partial charge is 0.363 e. The van der Waals surface area contributed by atoms with Crippen LogP contribution in [0.5, 0.6) is 0 Å². The second kappa shape index (κ2) is 5.75. The minimum absolute atomic E-state index is 0.227. The molecule has 1 atom stereocenters. The zero-order valence-electron chi connectivity index (χ0n) is 10.5. The van der Waals surface area contributed by atoms with Crippen molar-refractivity contribution in [3.05, 3.63) is 40.7 Å². The molecule has 5 nitrogen and oxygen atoms in total. The molecular weight excluding hydrogens is 267 g/mol. The first-order valence-corrected chi connectivity index (χ1v) is 6.49. The number of hydrogen-bond acceptors (Lipinski definition) is 5. The van der Waals surface area contributed by atoms with Crippen LogP contribution in [0.2, 0.25) is 0 Å². The molecule has 1 aromatic carbocycles. The quantitative estimate of drug-likeness (QED) is 0.901. The maximum atomic E-state index is 12.8. The van der Waals surface area contributed by atoms with Crippen molar-refractivity contribution < 1.29 is 9.18 Å². The third-order valence-electron chi connectivity index (χ3n) is 2.55. The van der Waals surface area contributed by atoms with Gasteiger partial charge >= 0.3 is 0 Å². The predicted molar refractivity (Wildman–Crippen MR) is 71.7 cm³/mol. The van der Waals surface area contributed by atoms with Gasteiger partial charge in [0.15, 0.2) is 0 Å². The zero-order chi connectivity index (χ0) is 13.8. The molecule has 0 fully saturated rings. The topological polar surface area (TPSA) is 66.9 Å². The van der Waals surface area contributed by atoms with Crippen LogP contribution in [0.4, 0.5) is 9.52 Å². The molecule has 0 radical (unpaired) electrons. The highest BCUT2D eigenvalue weighted by molar-refractivity contribution is 7.17. The van der Waals surface area contributed by atoms with Gasteiger partial charge in [0.2, 0.25) is 10.1 Å². The molecule has 0 saturated carbocycles. The Kier molecular flexibility index (Phi) is 4.06. The number of carbonyl (C=O) groups excluding carboxylic acids is 1. The van der Waals surface area contributed by atoms with E-state index in [0.717, 1.165) is 5.56 Å². The molecular formula is C12H13FN4OS. The van der Waals surface area contributed by atoms with Gasteiger partial charge in [0.25, 0.3) is 5.91 Å².